The van der Waals surface area contributed by atoms with Crippen LogP contribution in [0, 0.1) is 5.82 Å². The van der Waals surface area contributed by atoms with Crippen LogP contribution in [0.5, 0.6) is 5.75 Å². The van der Waals surface area contributed by atoms with Gasteiger partial charge in [0.2, 0.25) is 0 Å². The molecule has 102 valence electrons. The fraction of sp³-hybridized carbons (Fsp3) is 0.538. The maximum atomic E-state index is 13.4. The number of benzene rings is 1. The van der Waals surface area contributed by atoms with Crippen molar-refractivity contribution in [3.8, 4) is 5.75 Å². The summed E-state index contributed by atoms with van der Waals surface area (Å²) in [5.74, 6) is -0.0893. The van der Waals surface area contributed by atoms with Crippen LogP contribution in [-0.2, 0) is 17.3 Å². The zero-order valence-corrected chi connectivity index (χ0v) is 11.8. The molecule has 0 aliphatic heterocycles. The first-order chi connectivity index (χ1) is 8.54. The average Bonchev–Trinajstić information content (AvgIpc) is 2.34. The van der Waals surface area contributed by atoms with Gasteiger partial charge < -0.3 is 10.1 Å². The molecule has 0 saturated heterocycles. The maximum absolute atomic E-state index is 13.4. The molecular weight excluding hydrogens is 253 g/mol. The molecule has 0 heterocycles. The van der Waals surface area contributed by atoms with E-state index in [2.05, 4.69) is 5.32 Å². The van der Waals surface area contributed by atoms with Crippen molar-refractivity contribution in [3.63, 3.8) is 0 Å². The molecule has 0 spiro atoms. The lowest BCUT2D eigenvalue weighted by Gasteiger charge is -2.10. The predicted molar refractivity (Wildman–Crippen MR) is 72.8 cm³/mol. The van der Waals surface area contributed by atoms with Gasteiger partial charge in [-0.05, 0) is 30.7 Å². The third kappa shape index (κ3) is 4.74. The van der Waals surface area contributed by atoms with Crippen LogP contribution in [0.3, 0.4) is 0 Å². The lowest BCUT2D eigenvalue weighted by molar-refractivity contribution is 0.386. The second-order valence-corrected chi connectivity index (χ2v) is 6.05. The standard InChI is InChI=1S/C13H20FNO2S/c1-10(18(3)16)6-7-15-9-11-4-5-13(17-2)12(14)8-11/h4-5,8,10,15H,6-7,9H2,1-3H3. The largest absolute Gasteiger partial charge is 0.494 e. The molecule has 0 aliphatic carbocycles. The van der Waals surface area contributed by atoms with Crippen LogP contribution < -0.4 is 10.1 Å². The van der Waals surface area contributed by atoms with Gasteiger partial charge in [0.15, 0.2) is 11.6 Å². The first-order valence-electron chi connectivity index (χ1n) is 5.90. The van der Waals surface area contributed by atoms with E-state index in [1.807, 2.05) is 13.0 Å². The summed E-state index contributed by atoms with van der Waals surface area (Å²) in [5, 5.41) is 3.40. The highest BCUT2D eigenvalue weighted by atomic mass is 32.2. The second-order valence-electron chi connectivity index (χ2n) is 4.24. The lowest BCUT2D eigenvalue weighted by Crippen LogP contribution is -2.21. The maximum Gasteiger partial charge on any atom is 0.165 e. The summed E-state index contributed by atoms with van der Waals surface area (Å²) in [4.78, 5) is 0. The molecule has 5 heteroatoms. The van der Waals surface area contributed by atoms with E-state index in [0.29, 0.717) is 6.54 Å². The summed E-state index contributed by atoms with van der Waals surface area (Å²) >= 11 is 0. The zero-order chi connectivity index (χ0) is 13.5. The first-order valence-corrected chi connectivity index (χ1v) is 7.52. The highest BCUT2D eigenvalue weighted by molar-refractivity contribution is 7.84. The molecule has 1 rings (SSSR count). The summed E-state index contributed by atoms with van der Waals surface area (Å²) in [6.45, 7) is 3.34. The number of rotatable bonds is 7. The summed E-state index contributed by atoms with van der Waals surface area (Å²) in [6, 6.07) is 4.92. The molecule has 3 nitrogen and oxygen atoms in total. The van der Waals surface area contributed by atoms with Crippen molar-refractivity contribution < 1.29 is 13.3 Å². The van der Waals surface area contributed by atoms with Gasteiger partial charge in [0.05, 0.1) is 7.11 Å². The minimum Gasteiger partial charge on any atom is -0.494 e. The monoisotopic (exact) mass is 273 g/mol. The topological polar surface area (TPSA) is 38.3 Å². The van der Waals surface area contributed by atoms with E-state index >= 15 is 0 Å². The highest BCUT2D eigenvalue weighted by Crippen LogP contribution is 2.17. The molecular formula is C13H20FNO2S. The normalized spacial score (nSPS) is 14.2. The first kappa shape index (κ1) is 15.1. The van der Waals surface area contributed by atoms with E-state index in [-0.39, 0.29) is 16.8 Å². The SMILES string of the molecule is COc1ccc(CNCCC(C)S(C)=O)cc1F. The molecule has 0 amide bonds. The average molecular weight is 273 g/mol. The molecule has 1 aromatic carbocycles. The summed E-state index contributed by atoms with van der Waals surface area (Å²) < 4.78 is 29.4. The van der Waals surface area contributed by atoms with Crippen molar-refractivity contribution in [2.45, 2.75) is 25.1 Å². The fourth-order valence-corrected chi connectivity index (χ4v) is 1.97. The van der Waals surface area contributed by atoms with Crippen LogP contribution in [0.15, 0.2) is 18.2 Å². The lowest BCUT2D eigenvalue weighted by atomic mass is 10.2. The van der Waals surface area contributed by atoms with E-state index in [9.17, 15) is 8.60 Å². The number of methoxy groups -OCH3 is 1. The Bertz CT molecular complexity index is 412. The predicted octanol–water partition coefficient (Wildman–Crippen LogP) is 2.08. The highest BCUT2D eigenvalue weighted by Gasteiger charge is 2.06. The molecule has 0 aliphatic rings. The Balaban J connectivity index is 2.36. The minimum atomic E-state index is -0.783. The third-order valence-corrected chi connectivity index (χ3v) is 4.21. The van der Waals surface area contributed by atoms with Crippen molar-refractivity contribution in [3.05, 3.63) is 29.6 Å². The molecule has 2 unspecified atom stereocenters. The molecule has 1 aromatic rings. The van der Waals surface area contributed by atoms with Crippen LogP contribution in [0.1, 0.15) is 18.9 Å². The van der Waals surface area contributed by atoms with Gasteiger partial charge in [0.1, 0.15) is 0 Å². The van der Waals surface area contributed by atoms with Crippen molar-refractivity contribution in [2.75, 3.05) is 19.9 Å². The van der Waals surface area contributed by atoms with Crippen molar-refractivity contribution in [1.29, 1.82) is 0 Å². The molecule has 0 fully saturated rings. The number of hydrogen-bond donors (Lipinski definition) is 1. The number of halogens is 1. The van der Waals surface area contributed by atoms with Gasteiger partial charge >= 0.3 is 0 Å². The van der Waals surface area contributed by atoms with Crippen molar-refractivity contribution in [2.24, 2.45) is 0 Å². The van der Waals surface area contributed by atoms with E-state index in [0.717, 1.165) is 18.5 Å². The zero-order valence-electron chi connectivity index (χ0n) is 11.0. The Kier molecular flexibility index (Phi) is 6.29. The van der Waals surface area contributed by atoms with Crippen molar-refractivity contribution in [1.82, 2.24) is 5.32 Å². The second kappa shape index (κ2) is 7.48. The van der Waals surface area contributed by atoms with Gasteiger partial charge in [-0.1, -0.05) is 13.0 Å². The summed E-state index contributed by atoms with van der Waals surface area (Å²) in [6.07, 6.45) is 2.56. The molecule has 1 N–H and O–H groups in total. The number of ether oxygens (including phenoxy) is 1. The Morgan fingerprint density at radius 2 is 2.22 bits per heavy atom. The van der Waals surface area contributed by atoms with Crippen molar-refractivity contribution >= 4 is 10.8 Å². The molecule has 0 radical (unpaired) electrons. The third-order valence-electron chi connectivity index (χ3n) is 2.84. The minimum absolute atomic E-state index is 0.185. The van der Waals surface area contributed by atoms with Crippen LogP contribution in [0.2, 0.25) is 0 Å². The van der Waals surface area contributed by atoms with Gasteiger partial charge in [0.25, 0.3) is 0 Å². The Labute approximate surface area is 110 Å². The van der Waals surface area contributed by atoms with Gasteiger partial charge in [-0.2, -0.15) is 0 Å². The Hall–Kier alpha value is -0.940. The quantitative estimate of drug-likeness (QED) is 0.773. The van der Waals surface area contributed by atoms with Crippen LogP contribution in [0.4, 0.5) is 4.39 Å². The van der Waals surface area contributed by atoms with E-state index in [1.54, 1.807) is 12.3 Å². The van der Waals surface area contributed by atoms with Crippen LogP contribution in [-0.4, -0.2) is 29.4 Å². The van der Waals surface area contributed by atoms with E-state index < -0.39 is 10.8 Å². The smallest absolute Gasteiger partial charge is 0.165 e. The summed E-state index contributed by atoms with van der Waals surface area (Å²) in [7, 11) is 0.664. The van der Waals surface area contributed by atoms with Crippen LogP contribution in [0.25, 0.3) is 0 Å². The Morgan fingerprint density at radius 1 is 1.50 bits per heavy atom. The molecule has 0 aromatic heterocycles. The molecule has 0 saturated carbocycles. The van der Waals surface area contributed by atoms with Gasteiger partial charge in [-0.15, -0.1) is 0 Å². The Morgan fingerprint density at radius 3 is 2.78 bits per heavy atom. The van der Waals surface area contributed by atoms with Gasteiger partial charge in [-0.3, -0.25) is 4.21 Å². The number of nitrogens with one attached hydrogen (secondary N) is 1. The molecule has 18 heavy (non-hydrogen) atoms. The van der Waals surface area contributed by atoms with Gasteiger partial charge in [0, 0.05) is 28.9 Å². The molecule has 2 atom stereocenters. The molecule has 0 bridgehead atoms. The van der Waals surface area contributed by atoms with E-state index in [4.69, 9.17) is 4.74 Å². The van der Waals surface area contributed by atoms with Gasteiger partial charge in [-0.25, -0.2) is 4.39 Å². The number of hydrogen-bond acceptors (Lipinski definition) is 3. The summed E-state index contributed by atoms with van der Waals surface area (Å²) in [5.41, 5.74) is 0.874. The van der Waals surface area contributed by atoms with Crippen LogP contribution >= 0.6 is 0 Å². The fourth-order valence-electron chi connectivity index (χ4n) is 1.52. The van der Waals surface area contributed by atoms with E-state index in [1.165, 1.54) is 13.2 Å².